The number of thiocarbonyl (C=S) groups is 1. The molecule has 0 aliphatic heterocycles. The summed E-state index contributed by atoms with van der Waals surface area (Å²) in [6.45, 7) is 1.66. The van der Waals surface area contributed by atoms with Crippen LogP contribution in [-0.4, -0.2) is 37.8 Å². The van der Waals surface area contributed by atoms with E-state index in [4.69, 9.17) is 29.4 Å². The van der Waals surface area contributed by atoms with Crippen LogP contribution >= 0.6 is 12.2 Å². The third-order valence-electron chi connectivity index (χ3n) is 4.37. The fraction of sp³-hybridized carbons (Fsp3) is 0.150. The van der Waals surface area contributed by atoms with Crippen molar-refractivity contribution in [3.63, 3.8) is 0 Å². The fourth-order valence-electron chi connectivity index (χ4n) is 3.01. The third kappa shape index (κ3) is 5.34. The van der Waals surface area contributed by atoms with Gasteiger partial charge in [-0.05, 0) is 24.6 Å². The lowest BCUT2D eigenvalue weighted by Gasteiger charge is -2.17. The van der Waals surface area contributed by atoms with E-state index in [1.165, 1.54) is 12.3 Å². The zero-order valence-corrected chi connectivity index (χ0v) is 17.5. The van der Waals surface area contributed by atoms with Crippen molar-refractivity contribution in [2.45, 2.75) is 19.4 Å². The SMILES string of the molecule is CC(N)=CC(=S)Nc1nc(N[C@H](Cc2c[nH]c3ccccc23)C(N)=O)cnc1C(N)=O. The summed E-state index contributed by atoms with van der Waals surface area (Å²) in [5, 5.41) is 6.73. The van der Waals surface area contributed by atoms with Gasteiger partial charge in [-0.15, -0.1) is 0 Å². The number of carbonyl (C=O) groups excluding carboxylic acids is 2. The molecule has 1 aromatic carbocycles. The standard InChI is InChI=1S/C20H22N8O2S/c1-10(21)6-16(31)28-20-17(19(23)30)25-9-15(27-20)26-14(18(22)29)7-11-8-24-13-5-3-2-4-12(11)13/h2-6,8-9,14,24H,7,21H2,1H3,(H2,22,29)(H2,23,30)(H2,26,27,28,31)/t14-/m1/s1. The maximum Gasteiger partial charge on any atom is 0.271 e. The van der Waals surface area contributed by atoms with E-state index in [9.17, 15) is 9.59 Å². The number of H-pyrrole nitrogens is 1. The Balaban J connectivity index is 1.87. The molecular formula is C20H22N8O2S. The van der Waals surface area contributed by atoms with E-state index < -0.39 is 17.9 Å². The number of para-hydroxylation sites is 1. The molecule has 0 aliphatic rings. The van der Waals surface area contributed by atoms with Gasteiger partial charge in [-0.3, -0.25) is 9.59 Å². The lowest BCUT2D eigenvalue weighted by Crippen LogP contribution is -2.37. The van der Waals surface area contributed by atoms with E-state index in [0.29, 0.717) is 12.1 Å². The zero-order valence-electron chi connectivity index (χ0n) is 16.7. The molecule has 0 saturated heterocycles. The number of primary amides is 2. The lowest BCUT2D eigenvalue weighted by molar-refractivity contribution is -0.118. The summed E-state index contributed by atoms with van der Waals surface area (Å²) in [5.41, 5.74) is 18.8. The highest BCUT2D eigenvalue weighted by molar-refractivity contribution is 7.81. The highest BCUT2D eigenvalue weighted by Crippen LogP contribution is 2.21. The molecule has 0 bridgehead atoms. The van der Waals surface area contributed by atoms with Crippen molar-refractivity contribution in [1.29, 1.82) is 0 Å². The Labute approximate surface area is 183 Å². The number of nitrogens with one attached hydrogen (secondary N) is 3. The highest BCUT2D eigenvalue weighted by atomic mass is 32.1. The molecule has 3 rings (SSSR count). The summed E-state index contributed by atoms with van der Waals surface area (Å²) < 4.78 is 0. The van der Waals surface area contributed by atoms with Crippen molar-refractivity contribution in [3.05, 3.63) is 59.7 Å². The first-order chi connectivity index (χ1) is 14.7. The summed E-state index contributed by atoms with van der Waals surface area (Å²) in [6.07, 6.45) is 4.93. The van der Waals surface area contributed by atoms with E-state index >= 15 is 0 Å². The summed E-state index contributed by atoms with van der Waals surface area (Å²) in [6, 6.07) is 6.95. The number of nitrogens with two attached hydrogens (primary N) is 3. The van der Waals surface area contributed by atoms with E-state index in [2.05, 4.69) is 25.6 Å². The first-order valence-electron chi connectivity index (χ1n) is 9.27. The Morgan fingerprint density at radius 3 is 2.68 bits per heavy atom. The van der Waals surface area contributed by atoms with Crippen molar-refractivity contribution < 1.29 is 9.59 Å². The normalized spacial score (nSPS) is 12.4. The van der Waals surface area contributed by atoms with Gasteiger partial charge in [0.25, 0.3) is 5.91 Å². The molecule has 9 N–H and O–H groups in total. The molecule has 0 radical (unpaired) electrons. The van der Waals surface area contributed by atoms with Crippen LogP contribution in [0.1, 0.15) is 23.0 Å². The van der Waals surface area contributed by atoms with Gasteiger partial charge in [0.05, 0.1) is 6.20 Å². The van der Waals surface area contributed by atoms with Gasteiger partial charge >= 0.3 is 0 Å². The van der Waals surface area contributed by atoms with Crippen molar-refractivity contribution in [2.75, 3.05) is 10.6 Å². The molecule has 0 spiro atoms. The zero-order chi connectivity index (χ0) is 22.5. The molecule has 0 unspecified atom stereocenters. The molecule has 10 nitrogen and oxygen atoms in total. The van der Waals surface area contributed by atoms with Crippen LogP contribution in [0.2, 0.25) is 0 Å². The second-order valence-electron chi connectivity index (χ2n) is 6.86. The summed E-state index contributed by atoms with van der Waals surface area (Å²) in [5.74, 6) is -1.11. The molecule has 160 valence electrons. The van der Waals surface area contributed by atoms with E-state index in [1.807, 2.05) is 30.5 Å². The lowest BCUT2D eigenvalue weighted by atomic mass is 10.0. The van der Waals surface area contributed by atoms with E-state index in [1.54, 1.807) is 6.92 Å². The molecular weight excluding hydrogens is 416 g/mol. The van der Waals surface area contributed by atoms with Gasteiger partial charge < -0.3 is 32.8 Å². The second-order valence-corrected chi connectivity index (χ2v) is 7.30. The minimum absolute atomic E-state index is 0.0373. The minimum atomic E-state index is -0.789. The molecule has 31 heavy (non-hydrogen) atoms. The number of benzene rings is 1. The third-order valence-corrected chi connectivity index (χ3v) is 4.59. The van der Waals surface area contributed by atoms with Crippen LogP contribution < -0.4 is 27.8 Å². The second kappa shape index (κ2) is 9.22. The van der Waals surface area contributed by atoms with E-state index in [-0.39, 0.29) is 22.3 Å². The number of allylic oxidation sites excluding steroid dienone is 1. The van der Waals surface area contributed by atoms with Crippen molar-refractivity contribution in [3.8, 4) is 0 Å². The maximum absolute atomic E-state index is 12.1. The van der Waals surface area contributed by atoms with Gasteiger partial charge in [-0.25, -0.2) is 9.97 Å². The van der Waals surface area contributed by atoms with Gasteiger partial charge in [-0.2, -0.15) is 0 Å². The monoisotopic (exact) mass is 438 g/mol. The number of aromatic nitrogens is 3. The summed E-state index contributed by atoms with van der Waals surface area (Å²) in [7, 11) is 0. The van der Waals surface area contributed by atoms with Crippen LogP contribution in [0.5, 0.6) is 0 Å². The Morgan fingerprint density at radius 1 is 1.26 bits per heavy atom. The van der Waals surface area contributed by atoms with Gasteiger partial charge in [0.1, 0.15) is 16.8 Å². The van der Waals surface area contributed by atoms with Crippen LogP contribution in [0.3, 0.4) is 0 Å². The number of nitrogens with zero attached hydrogens (tertiary/aromatic N) is 2. The van der Waals surface area contributed by atoms with Crippen molar-refractivity contribution in [1.82, 2.24) is 15.0 Å². The molecule has 2 amide bonds. The number of amides is 2. The first-order valence-corrected chi connectivity index (χ1v) is 9.68. The van der Waals surface area contributed by atoms with Gasteiger partial charge in [0.15, 0.2) is 11.5 Å². The van der Waals surface area contributed by atoms with Crippen molar-refractivity contribution in [2.24, 2.45) is 17.2 Å². The van der Waals surface area contributed by atoms with Gasteiger partial charge in [0, 0.05) is 29.2 Å². The maximum atomic E-state index is 12.1. The van der Waals surface area contributed by atoms with Crippen LogP contribution in [0.25, 0.3) is 10.9 Å². The number of rotatable bonds is 8. The molecule has 0 fully saturated rings. The first kappa shape index (κ1) is 21.7. The Hall–Kier alpha value is -3.99. The van der Waals surface area contributed by atoms with Crippen LogP contribution in [0.15, 0.2) is 48.4 Å². The van der Waals surface area contributed by atoms with Crippen LogP contribution in [0, 0.1) is 0 Å². The van der Waals surface area contributed by atoms with Crippen molar-refractivity contribution >= 4 is 51.6 Å². The number of carbonyl (C=O) groups is 2. The van der Waals surface area contributed by atoms with E-state index in [0.717, 1.165) is 16.5 Å². The predicted molar refractivity (Wildman–Crippen MR) is 123 cm³/mol. The highest BCUT2D eigenvalue weighted by Gasteiger charge is 2.20. The number of fused-ring (bicyclic) bond motifs is 1. The smallest absolute Gasteiger partial charge is 0.271 e. The molecule has 2 heterocycles. The Kier molecular flexibility index (Phi) is 6.46. The summed E-state index contributed by atoms with van der Waals surface area (Å²) >= 11 is 5.17. The van der Waals surface area contributed by atoms with Gasteiger partial charge in [0.2, 0.25) is 5.91 Å². The minimum Gasteiger partial charge on any atom is -0.402 e. The molecule has 0 saturated carbocycles. The molecule has 0 aliphatic carbocycles. The molecule has 2 aromatic heterocycles. The average Bonchev–Trinajstić information content (AvgIpc) is 3.09. The molecule has 1 atom stereocenters. The van der Waals surface area contributed by atoms with Crippen LogP contribution in [0.4, 0.5) is 11.6 Å². The number of hydrogen-bond acceptors (Lipinski definition) is 7. The topological polar surface area (TPSA) is 178 Å². The average molecular weight is 439 g/mol. The molecule has 11 heteroatoms. The Bertz CT molecular complexity index is 1180. The quantitative estimate of drug-likeness (QED) is 0.224. The Morgan fingerprint density at radius 2 is 2.00 bits per heavy atom. The number of anilines is 2. The number of hydrogen-bond donors (Lipinski definition) is 6. The van der Waals surface area contributed by atoms with Crippen LogP contribution in [-0.2, 0) is 11.2 Å². The predicted octanol–water partition coefficient (Wildman–Crippen LogP) is 1.17. The molecule has 3 aromatic rings. The fourth-order valence-corrected chi connectivity index (χ4v) is 3.29. The summed E-state index contributed by atoms with van der Waals surface area (Å²) in [4.78, 5) is 35.5. The number of aromatic amines is 1. The van der Waals surface area contributed by atoms with Gasteiger partial charge in [-0.1, -0.05) is 30.4 Å². The largest absolute Gasteiger partial charge is 0.402 e.